The normalized spacial score (nSPS) is 17.9. The van der Waals surface area contributed by atoms with E-state index in [-0.39, 0.29) is 23.6 Å². The lowest BCUT2D eigenvalue weighted by atomic mass is 10.1. The molecule has 1 aliphatic heterocycles. The highest BCUT2D eigenvalue weighted by molar-refractivity contribution is 7.91. The predicted octanol–water partition coefficient (Wildman–Crippen LogP) is 2.67. The Morgan fingerprint density at radius 2 is 1.86 bits per heavy atom. The van der Waals surface area contributed by atoms with Gasteiger partial charge >= 0.3 is 0 Å². The van der Waals surface area contributed by atoms with Gasteiger partial charge in [0.05, 0.1) is 31.3 Å². The van der Waals surface area contributed by atoms with Crippen LogP contribution >= 0.6 is 0 Å². The first-order chi connectivity index (χ1) is 13.3. The van der Waals surface area contributed by atoms with Gasteiger partial charge in [0.2, 0.25) is 0 Å². The van der Waals surface area contributed by atoms with Gasteiger partial charge in [0.1, 0.15) is 5.82 Å². The van der Waals surface area contributed by atoms with Gasteiger partial charge < -0.3 is 14.4 Å². The lowest BCUT2D eigenvalue weighted by molar-refractivity contribution is 0.0676. The number of nitrogens with zero attached hydrogens (tertiary/aromatic N) is 1. The van der Waals surface area contributed by atoms with E-state index >= 15 is 0 Å². The van der Waals surface area contributed by atoms with Crippen molar-refractivity contribution in [2.75, 3.05) is 25.7 Å². The van der Waals surface area contributed by atoms with Crippen LogP contribution in [0.25, 0.3) is 0 Å². The molecule has 150 valence electrons. The standard InChI is InChI=1S/C20H22FNO5S/c1-26-18-8-7-14(11-19(18)27-2)12-22(15-9-10-28(24,25)13-15)20(23)16-5-3-4-6-17(16)21/h3-8,11,15H,9-10,12-13H2,1-2H3. The summed E-state index contributed by atoms with van der Waals surface area (Å²) in [6.45, 7) is 0.133. The minimum atomic E-state index is -3.21. The number of benzene rings is 2. The van der Waals surface area contributed by atoms with Gasteiger partial charge in [-0.05, 0) is 36.2 Å². The van der Waals surface area contributed by atoms with Crippen LogP contribution in [0.4, 0.5) is 4.39 Å². The number of sulfone groups is 1. The van der Waals surface area contributed by atoms with Crippen LogP contribution in [0.3, 0.4) is 0 Å². The minimum absolute atomic E-state index is 0.0185. The van der Waals surface area contributed by atoms with E-state index in [2.05, 4.69) is 0 Å². The van der Waals surface area contributed by atoms with Crippen LogP contribution in [0.15, 0.2) is 42.5 Å². The second-order valence-electron chi connectivity index (χ2n) is 6.66. The maximum Gasteiger partial charge on any atom is 0.257 e. The molecule has 2 aromatic rings. The largest absolute Gasteiger partial charge is 0.493 e. The van der Waals surface area contributed by atoms with Gasteiger partial charge in [-0.1, -0.05) is 18.2 Å². The fourth-order valence-corrected chi connectivity index (χ4v) is 5.08. The second-order valence-corrected chi connectivity index (χ2v) is 8.89. The van der Waals surface area contributed by atoms with Crippen molar-refractivity contribution in [2.24, 2.45) is 0 Å². The molecule has 1 amide bonds. The molecule has 8 heteroatoms. The molecule has 28 heavy (non-hydrogen) atoms. The van der Waals surface area contributed by atoms with Crippen LogP contribution in [0, 0.1) is 5.82 Å². The SMILES string of the molecule is COc1ccc(CN(C(=O)c2ccccc2F)C2CCS(=O)(=O)C2)cc1OC. The van der Waals surface area contributed by atoms with Crippen molar-refractivity contribution >= 4 is 15.7 Å². The number of hydrogen-bond acceptors (Lipinski definition) is 5. The molecular formula is C20H22FNO5S. The molecule has 1 unspecified atom stereocenters. The average Bonchev–Trinajstić information content (AvgIpc) is 3.05. The molecule has 0 spiro atoms. The van der Waals surface area contributed by atoms with Crippen LogP contribution in [0.5, 0.6) is 11.5 Å². The van der Waals surface area contributed by atoms with Crippen molar-refractivity contribution in [1.29, 1.82) is 0 Å². The summed E-state index contributed by atoms with van der Waals surface area (Å²) in [4.78, 5) is 14.5. The smallest absolute Gasteiger partial charge is 0.257 e. The molecular weight excluding hydrogens is 385 g/mol. The number of rotatable bonds is 6. The highest BCUT2D eigenvalue weighted by Crippen LogP contribution is 2.30. The molecule has 2 aromatic carbocycles. The van der Waals surface area contributed by atoms with Gasteiger partial charge in [0.25, 0.3) is 5.91 Å². The summed E-state index contributed by atoms with van der Waals surface area (Å²) in [5, 5.41) is 0. The zero-order valence-electron chi connectivity index (χ0n) is 15.7. The van der Waals surface area contributed by atoms with E-state index in [0.29, 0.717) is 17.9 Å². The Morgan fingerprint density at radius 1 is 1.14 bits per heavy atom. The van der Waals surface area contributed by atoms with E-state index < -0.39 is 27.6 Å². The molecule has 0 radical (unpaired) electrons. The Bertz CT molecular complexity index is 976. The molecule has 0 N–H and O–H groups in total. The number of halogens is 1. The summed E-state index contributed by atoms with van der Waals surface area (Å²) in [6, 6.07) is 10.4. The third kappa shape index (κ3) is 4.27. The third-order valence-corrected chi connectivity index (χ3v) is 6.57. The maximum atomic E-state index is 14.2. The monoisotopic (exact) mass is 407 g/mol. The summed E-state index contributed by atoms with van der Waals surface area (Å²) in [5.41, 5.74) is 0.652. The topological polar surface area (TPSA) is 72.9 Å². The Morgan fingerprint density at radius 3 is 2.46 bits per heavy atom. The van der Waals surface area contributed by atoms with E-state index in [4.69, 9.17) is 9.47 Å². The quantitative estimate of drug-likeness (QED) is 0.736. The molecule has 1 aliphatic rings. The van der Waals surface area contributed by atoms with Gasteiger partial charge in [-0.25, -0.2) is 12.8 Å². The lowest BCUT2D eigenvalue weighted by Crippen LogP contribution is -2.41. The molecule has 0 saturated carbocycles. The number of carbonyl (C=O) groups excluding carboxylic acids is 1. The van der Waals surface area contributed by atoms with Gasteiger partial charge in [0, 0.05) is 12.6 Å². The summed E-state index contributed by atoms with van der Waals surface area (Å²) < 4.78 is 48.6. The predicted molar refractivity (Wildman–Crippen MR) is 103 cm³/mol. The highest BCUT2D eigenvalue weighted by atomic mass is 32.2. The third-order valence-electron chi connectivity index (χ3n) is 4.82. The number of ether oxygens (including phenoxy) is 2. The zero-order valence-corrected chi connectivity index (χ0v) is 16.5. The van der Waals surface area contributed by atoms with Crippen LogP contribution in [0.1, 0.15) is 22.3 Å². The van der Waals surface area contributed by atoms with Crippen molar-refractivity contribution in [1.82, 2.24) is 4.90 Å². The lowest BCUT2D eigenvalue weighted by Gasteiger charge is -2.29. The average molecular weight is 407 g/mol. The fourth-order valence-electron chi connectivity index (χ4n) is 3.35. The Labute approximate surface area is 163 Å². The van der Waals surface area contributed by atoms with Gasteiger partial charge in [-0.15, -0.1) is 0 Å². The Kier molecular flexibility index (Phi) is 5.88. The molecule has 1 saturated heterocycles. The van der Waals surface area contributed by atoms with Crippen LogP contribution in [-0.4, -0.2) is 51.0 Å². The Balaban J connectivity index is 1.95. The summed E-state index contributed by atoms with van der Waals surface area (Å²) >= 11 is 0. The van der Waals surface area contributed by atoms with E-state index in [0.717, 1.165) is 5.56 Å². The summed E-state index contributed by atoms with van der Waals surface area (Å²) in [7, 11) is -0.184. The summed E-state index contributed by atoms with van der Waals surface area (Å²) in [6.07, 6.45) is 0.329. The second kappa shape index (κ2) is 8.18. The molecule has 0 aliphatic carbocycles. The zero-order chi connectivity index (χ0) is 20.3. The molecule has 1 heterocycles. The van der Waals surface area contributed by atoms with Crippen molar-refractivity contribution < 1.29 is 27.1 Å². The van der Waals surface area contributed by atoms with Crippen molar-refractivity contribution in [3.05, 3.63) is 59.4 Å². The Hall–Kier alpha value is -2.61. The number of methoxy groups -OCH3 is 2. The molecule has 1 fully saturated rings. The van der Waals surface area contributed by atoms with Gasteiger partial charge in [-0.2, -0.15) is 0 Å². The van der Waals surface area contributed by atoms with Gasteiger partial charge in [0.15, 0.2) is 21.3 Å². The first-order valence-corrected chi connectivity index (χ1v) is 10.6. The molecule has 6 nitrogen and oxygen atoms in total. The van der Waals surface area contributed by atoms with E-state index in [1.165, 1.54) is 37.3 Å². The van der Waals surface area contributed by atoms with E-state index in [1.54, 1.807) is 24.3 Å². The molecule has 0 bridgehead atoms. The van der Waals surface area contributed by atoms with Crippen molar-refractivity contribution in [2.45, 2.75) is 19.0 Å². The maximum absolute atomic E-state index is 14.2. The minimum Gasteiger partial charge on any atom is -0.493 e. The first kappa shape index (κ1) is 20.1. The first-order valence-electron chi connectivity index (χ1n) is 8.81. The van der Waals surface area contributed by atoms with E-state index in [9.17, 15) is 17.6 Å². The van der Waals surface area contributed by atoms with Crippen LogP contribution < -0.4 is 9.47 Å². The van der Waals surface area contributed by atoms with Crippen LogP contribution in [0.2, 0.25) is 0 Å². The number of carbonyl (C=O) groups is 1. The molecule has 3 rings (SSSR count). The molecule has 0 aromatic heterocycles. The van der Waals surface area contributed by atoms with Crippen LogP contribution in [-0.2, 0) is 16.4 Å². The highest BCUT2D eigenvalue weighted by Gasteiger charge is 2.35. The molecule has 1 atom stereocenters. The van der Waals surface area contributed by atoms with Crippen molar-refractivity contribution in [3.63, 3.8) is 0 Å². The number of amides is 1. The van der Waals surface area contributed by atoms with Crippen molar-refractivity contribution in [3.8, 4) is 11.5 Å². The fraction of sp³-hybridized carbons (Fsp3) is 0.350. The van der Waals surface area contributed by atoms with Gasteiger partial charge in [-0.3, -0.25) is 4.79 Å². The number of hydrogen-bond donors (Lipinski definition) is 0. The summed E-state index contributed by atoms with van der Waals surface area (Å²) in [5.74, 6) is -0.231. The van der Waals surface area contributed by atoms with E-state index in [1.807, 2.05) is 0 Å².